The Morgan fingerprint density at radius 2 is 1.74 bits per heavy atom. The molecule has 2 N–H and O–H groups in total. The number of fused-ring (bicyclic) bond motifs is 1. The van der Waals surface area contributed by atoms with Gasteiger partial charge in [0, 0.05) is 16.8 Å². The van der Waals surface area contributed by atoms with Crippen LogP contribution in [-0.4, -0.2) is 22.4 Å². The molecular weight excluding hydrogens is 352 g/mol. The molecule has 0 radical (unpaired) electrons. The smallest absolute Gasteiger partial charge is 0.136 e. The summed E-state index contributed by atoms with van der Waals surface area (Å²) in [4.78, 5) is 0. The van der Waals surface area contributed by atoms with E-state index in [1.807, 2.05) is 20.8 Å². The largest absolute Gasteiger partial charge is 0.598 e. The minimum Gasteiger partial charge on any atom is -0.598 e. The topological polar surface area (TPSA) is 47.1 Å². The molecule has 1 fully saturated rings. The average Bonchev–Trinajstić information content (AvgIpc) is 2.94. The van der Waals surface area contributed by atoms with Crippen molar-refractivity contribution in [2.45, 2.75) is 50.8 Å². The molecule has 144 valence electrons. The number of benzene rings is 2. The van der Waals surface area contributed by atoms with Gasteiger partial charge in [-0.2, -0.15) is 0 Å². The van der Waals surface area contributed by atoms with Crippen molar-refractivity contribution in [3.63, 3.8) is 0 Å². The minimum absolute atomic E-state index is 0.151. The standard InChI is InChI=1S/C23H30N2OS/c1-22(2,3)27(26)25-21-20-15-18(17-7-5-4-6-8-17)9-10-19(20)16-23(21)11-13-24-14-12-23/h4-10,15,21,24-25H,11-14,16H2,1-3H3/t21-,27-/m1/s1. The molecule has 4 heteroatoms. The lowest BCUT2D eigenvalue weighted by molar-refractivity contribution is 0.163. The van der Waals surface area contributed by atoms with Crippen LogP contribution in [0.3, 0.4) is 0 Å². The third-order valence-electron chi connectivity index (χ3n) is 6.10. The Bertz CT molecular complexity index is 794. The number of nitrogens with one attached hydrogen (secondary N) is 2. The van der Waals surface area contributed by atoms with Gasteiger partial charge in [0.1, 0.15) is 4.75 Å². The van der Waals surface area contributed by atoms with Crippen molar-refractivity contribution in [3.8, 4) is 11.1 Å². The van der Waals surface area contributed by atoms with Gasteiger partial charge in [-0.3, -0.25) is 0 Å². The van der Waals surface area contributed by atoms with Gasteiger partial charge in [0.15, 0.2) is 0 Å². The van der Waals surface area contributed by atoms with Crippen LogP contribution in [-0.2, 0) is 17.8 Å². The molecule has 2 aromatic rings. The molecule has 27 heavy (non-hydrogen) atoms. The first kappa shape index (κ1) is 19.0. The summed E-state index contributed by atoms with van der Waals surface area (Å²) in [6.45, 7) is 8.21. The Morgan fingerprint density at radius 1 is 1.04 bits per heavy atom. The zero-order valence-electron chi connectivity index (χ0n) is 16.5. The lowest BCUT2D eigenvalue weighted by Crippen LogP contribution is -2.48. The van der Waals surface area contributed by atoms with E-state index in [1.165, 1.54) is 22.3 Å². The maximum atomic E-state index is 13.0. The predicted molar refractivity (Wildman–Crippen MR) is 114 cm³/mol. The SMILES string of the molecule is CC(C)(C)[S@@+]([O-])N[C@@H]1c2cc(-c3ccccc3)ccc2CC12CCNCC2. The summed E-state index contributed by atoms with van der Waals surface area (Å²) in [7, 11) is 0. The van der Waals surface area contributed by atoms with E-state index in [-0.39, 0.29) is 16.2 Å². The quantitative estimate of drug-likeness (QED) is 0.775. The number of hydrogen-bond acceptors (Lipinski definition) is 3. The van der Waals surface area contributed by atoms with Crippen LogP contribution in [0.1, 0.15) is 50.8 Å². The molecule has 2 aliphatic rings. The van der Waals surface area contributed by atoms with Crippen LogP contribution in [0.25, 0.3) is 11.1 Å². The van der Waals surface area contributed by atoms with Gasteiger partial charge >= 0.3 is 0 Å². The molecule has 1 saturated heterocycles. The summed E-state index contributed by atoms with van der Waals surface area (Å²) in [6, 6.07) is 17.6. The Morgan fingerprint density at radius 3 is 2.41 bits per heavy atom. The second kappa shape index (κ2) is 7.25. The molecule has 1 aliphatic carbocycles. The molecule has 1 spiro atoms. The van der Waals surface area contributed by atoms with Crippen LogP contribution in [0.4, 0.5) is 0 Å². The minimum atomic E-state index is -1.08. The highest BCUT2D eigenvalue weighted by Crippen LogP contribution is 2.52. The molecule has 0 saturated carbocycles. The van der Waals surface area contributed by atoms with Crippen molar-refractivity contribution in [2.24, 2.45) is 5.41 Å². The number of piperidine rings is 1. The Labute approximate surface area is 166 Å². The van der Waals surface area contributed by atoms with Gasteiger partial charge < -0.3 is 9.87 Å². The number of hydrogen-bond donors (Lipinski definition) is 2. The first-order valence-corrected chi connectivity index (χ1v) is 11.1. The van der Waals surface area contributed by atoms with Crippen LogP contribution in [0.15, 0.2) is 48.5 Å². The summed E-state index contributed by atoms with van der Waals surface area (Å²) in [6.07, 6.45) is 3.33. The van der Waals surface area contributed by atoms with Crippen LogP contribution in [0, 0.1) is 5.41 Å². The molecule has 0 bridgehead atoms. The zero-order valence-corrected chi connectivity index (χ0v) is 17.4. The van der Waals surface area contributed by atoms with Crippen molar-refractivity contribution >= 4 is 11.4 Å². The van der Waals surface area contributed by atoms with Crippen molar-refractivity contribution in [1.82, 2.24) is 10.0 Å². The van der Waals surface area contributed by atoms with E-state index in [1.54, 1.807) is 0 Å². The molecular formula is C23H30N2OS. The van der Waals surface area contributed by atoms with Crippen LogP contribution < -0.4 is 10.0 Å². The molecule has 2 aromatic carbocycles. The molecule has 0 unspecified atom stereocenters. The molecule has 3 nitrogen and oxygen atoms in total. The van der Waals surface area contributed by atoms with E-state index in [4.69, 9.17) is 0 Å². The Kier molecular flexibility index (Phi) is 5.10. The fraction of sp³-hybridized carbons (Fsp3) is 0.478. The van der Waals surface area contributed by atoms with Gasteiger partial charge in [-0.15, -0.1) is 4.72 Å². The molecule has 0 amide bonds. The maximum Gasteiger partial charge on any atom is 0.136 e. The van der Waals surface area contributed by atoms with E-state index >= 15 is 0 Å². The van der Waals surface area contributed by atoms with Gasteiger partial charge in [-0.1, -0.05) is 42.5 Å². The fourth-order valence-corrected chi connectivity index (χ4v) is 5.45. The lowest BCUT2D eigenvalue weighted by Gasteiger charge is -2.40. The normalized spacial score (nSPS) is 22.6. The van der Waals surface area contributed by atoms with Crippen LogP contribution in [0.5, 0.6) is 0 Å². The highest BCUT2D eigenvalue weighted by Gasteiger charge is 2.49. The second-order valence-corrected chi connectivity index (χ2v) is 11.0. The van der Waals surface area contributed by atoms with E-state index in [2.05, 4.69) is 58.6 Å². The monoisotopic (exact) mass is 382 g/mol. The van der Waals surface area contributed by atoms with Gasteiger partial charge in [0.2, 0.25) is 0 Å². The Hall–Kier alpha value is -1.33. The van der Waals surface area contributed by atoms with Crippen LogP contribution >= 0.6 is 0 Å². The molecule has 1 heterocycles. The summed E-state index contributed by atoms with van der Waals surface area (Å²) in [5.74, 6) is 0. The molecule has 4 rings (SSSR count). The Balaban J connectivity index is 1.73. The zero-order chi connectivity index (χ0) is 19.1. The fourth-order valence-electron chi connectivity index (χ4n) is 4.51. The van der Waals surface area contributed by atoms with Crippen molar-refractivity contribution in [1.29, 1.82) is 0 Å². The summed E-state index contributed by atoms with van der Waals surface area (Å²) < 4.78 is 16.3. The lowest BCUT2D eigenvalue weighted by atomic mass is 9.73. The highest BCUT2D eigenvalue weighted by atomic mass is 32.2. The van der Waals surface area contributed by atoms with E-state index in [0.717, 1.165) is 32.4 Å². The van der Waals surface area contributed by atoms with E-state index in [0.29, 0.717) is 0 Å². The first-order valence-electron chi connectivity index (χ1n) is 9.96. The first-order chi connectivity index (χ1) is 12.9. The van der Waals surface area contributed by atoms with Gasteiger partial charge in [-0.05, 0) is 81.4 Å². The van der Waals surface area contributed by atoms with Gasteiger partial charge in [0.25, 0.3) is 0 Å². The maximum absolute atomic E-state index is 13.0. The molecule has 0 aromatic heterocycles. The third kappa shape index (κ3) is 3.68. The van der Waals surface area contributed by atoms with Gasteiger partial charge in [-0.25, -0.2) is 0 Å². The predicted octanol–water partition coefficient (Wildman–Crippen LogP) is 4.37. The highest BCUT2D eigenvalue weighted by molar-refractivity contribution is 7.90. The summed E-state index contributed by atoms with van der Waals surface area (Å²) in [5.41, 5.74) is 5.41. The number of rotatable bonds is 3. The third-order valence-corrected chi connectivity index (χ3v) is 7.66. The molecule has 1 aliphatic heterocycles. The van der Waals surface area contributed by atoms with Crippen molar-refractivity contribution in [2.75, 3.05) is 13.1 Å². The second-order valence-electron chi connectivity index (χ2n) is 9.00. The van der Waals surface area contributed by atoms with Crippen LogP contribution in [0.2, 0.25) is 0 Å². The van der Waals surface area contributed by atoms with Crippen molar-refractivity contribution < 1.29 is 4.55 Å². The average molecular weight is 383 g/mol. The van der Waals surface area contributed by atoms with E-state index in [9.17, 15) is 4.55 Å². The molecule has 2 atom stereocenters. The summed E-state index contributed by atoms with van der Waals surface area (Å²) >= 11 is -1.08. The summed E-state index contributed by atoms with van der Waals surface area (Å²) in [5, 5.41) is 3.50. The van der Waals surface area contributed by atoms with Gasteiger partial charge in [0.05, 0.1) is 6.04 Å². The van der Waals surface area contributed by atoms with E-state index < -0.39 is 11.4 Å². The van der Waals surface area contributed by atoms with Crippen molar-refractivity contribution in [3.05, 3.63) is 59.7 Å².